The Kier molecular flexibility index (Phi) is 10.6. The van der Waals surface area contributed by atoms with Gasteiger partial charge in [-0.15, -0.1) is 24.8 Å². The first-order valence-electron chi connectivity index (χ1n) is 7.49. The van der Waals surface area contributed by atoms with Gasteiger partial charge in [-0.25, -0.2) is 0 Å². The van der Waals surface area contributed by atoms with Crippen LogP contribution in [0, 0.1) is 0 Å². The molecule has 0 bridgehead atoms. The number of likely N-dealkylation sites (tertiary alicyclic amines) is 2. The standard InChI is InChI=1S/C14H27N3O2.2ClH/c1-19-13(10-15)9-14(18)17-8-4-5-12(17)11-16-6-2-3-7-16;;/h12-13H,2-11,15H2,1H3;2*1H. The number of ether oxygens (including phenoxy) is 1. The Balaban J connectivity index is 0.00000200. The minimum absolute atomic E-state index is 0. The number of rotatable bonds is 6. The topological polar surface area (TPSA) is 58.8 Å². The van der Waals surface area contributed by atoms with E-state index in [1.54, 1.807) is 7.11 Å². The smallest absolute Gasteiger partial charge is 0.225 e. The predicted octanol–water partition coefficient (Wildman–Crippen LogP) is 1.28. The van der Waals surface area contributed by atoms with Crippen molar-refractivity contribution in [2.45, 2.75) is 44.2 Å². The highest BCUT2D eigenvalue weighted by Gasteiger charge is 2.31. The Morgan fingerprint density at radius 2 is 1.90 bits per heavy atom. The van der Waals surface area contributed by atoms with Crippen LogP contribution in [0.3, 0.4) is 0 Å². The Labute approximate surface area is 140 Å². The van der Waals surface area contributed by atoms with Gasteiger partial charge in [-0.1, -0.05) is 0 Å². The molecule has 1 amide bonds. The van der Waals surface area contributed by atoms with Crippen LogP contribution in [-0.4, -0.2) is 67.7 Å². The Bertz CT molecular complexity index is 298. The average molecular weight is 342 g/mol. The highest BCUT2D eigenvalue weighted by Crippen LogP contribution is 2.21. The lowest BCUT2D eigenvalue weighted by Gasteiger charge is -2.29. The molecule has 2 fully saturated rings. The predicted molar refractivity (Wildman–Crippen MR) is 89.4 cm³/mol. The SMILES string of the molecule is COC(CN)CC(=O)N1CCCC1CN1CCCC1.Cl.Cl. The summed E-state index contributed by atoms with van der Waals surface area (Å²) in [4.78, 5) is 16.9. The normalized spacial score (nSPS) is 23.5. The van der Waals surface area contributed by atoms with Crippen molar-refractivity contribution in [3.05, 3.63) is 0 Å². The fraction of sp³-hybridized carbons (Fsp3) is 0.929. The van der Waals surface area contributed by atoms with E-state index < -0.39 is 0 Å². The number of hydrogen-bond donors (Lipinski definition) is 1. The van der Waals surface area contributed by atoms with E-state index in [0.29, 0.717) is 19.0 Å². The van der Waals surface area contributed by atoms with E-state index in [2.05, 4.69) is 9.80 Å². The van der Waals surface area contributed by atoms with Crippen LogP contribution < -0.4 is 5.73 Å². The second kappa shape index (κ2) is 10.6. The van der Waals surface area contributed by atoms with Gasteiger partial charge < -0.3 is 20.3 Å². The number of methoxy groups -OCH3 is 1. The van der Waals surface area contributed by atoms with E-state index in [-0.39, 0.29) is 36.8 Å². The van der Waals surface area contributed by atoms with Crippen molar-refractivity contribution in [1.82, 2.24) is 9.80 Å². The maximum Gasteiger partial charge on any atom is 0.225 e. The molecule has 2 rings (SSSR count). The van der Waals surface area contributed by atoms with Gasteiger partial charge in [-0.3, -0.25) is 4.79 Å². The number of hydrogen-bond acceptors (Lipinski definition) is 4. The Morgan fingerprint density at radius 3 is 2.48 bits per heavy atom. The molecule has 0 aromatic rings. The highest BCUT2D eigenvalue weighted by atomic mass is 35.5. The minimum atomic E-state index is -0.138. The second-order valence-electron chi connectivity index (χ2n) is 5.69. The zero-order valence-corrected chi connectivity index (χ0v) is 14.5. The van der Waals surface area contributed by atoms with E-state index in [4.69, 9.17) is 10.5 Å². The Morgan fingerprint density at radius 1 is 1.24 bits per heavy atom. The first-order chi connectivity index (χ1) is 9.24. The van der Waals surface area contributed by atoms with Gasteiger partial charge in [0, 0.05) is 32.8 Å². The molecule has 0 radical (unpaired) electrons. The largest absolute Gasteiger partial charge is 0.380 e. The summed E-state index contributed by atoms with van der Waals surface area (Å²) >= 11 is 0. The van der Waals surface area contributed by atoms with Gasteiger partial charge in [0.25, 0.3) is 0 Å². The van der Waals surface area contributed by atoms with Crippen LogP contribution >= 0.6 is 24.8 Å². The van der Waals surface area contributed by atoms with Gasteiger partial charge >= 0.3 is 0 Å². The average Bonchev–Trinajstić information content (AvgIpc) is 3.07. The summed E-state index contributed by atoms with van der Waals surface area (Å²) in [5.41, 5.74) is 5.59. The fourth-order valence-corrected chi connectivity index (χ4v) is 3.19. The number of nitrogens with zero attached hydrogens (tertiary/aromatic N) is 2. The molecule has 21 heavy (non-hydrogen) atoms. The molecule has 5 nitrogen and oxygen atoms in total. The van der Waals surface area contributed by atoms with Gasteiger partial charge in [-0.2, -0.15) is 0 Å². The lowest BCUT2D eigenvalue weighted by molar-refractivity contribution is -0.134. The van der Waals surface area contributed by atoms with Crippen LogP contribution in [0.1, 0.15) is 32.1 Å². The molecule has 0 aromatic carbocycles. The summed E-state index contributed by atoms with van der Waals surface area (Å²) in [7, 11) is 1.62. The molecule has 2 aliphatic rings. The van der Waals surface area contributed by atoms with Crippen LogP contribution in [0.25, 0.3) is 0 Å². The monoisotopic (exact) mass is 341 g/mol. The maximum atomic E-state index is 12.3. The first-order valence-corrected chi connectivity index (χ1v) is 7.49. The van der Waals surface area contributed by atoms with Crippen molar-refractivity contribution in [2.75, 3.05) is 39.8 Å². The third-order valence-electron chi connectivity index (χ3n) is 4.36. The molecular formula is C14H29Cl2N3O2. The van der Waals surface area contributed by atoms with Gasteiger partial charge in [0.15, 0.2) is 0 Å². The van der Waals surface area contributed by atoms with Crippen LogP contribution in [0.2, 0.25) is 0 Å². The van der Waals surface area contributed by atoms with Crippen LogP contribution in [-0.2, 0) is 9.53 Å². The van der Waals surface area contributed by atoms with Gasteiger partial charge in [0.05, 0.1) is 12.5 Å². The van der Waals surface area contributed by atoms with E-state index >= 15 is 0 Å². The van der Waals surface area contributed by atoms with E-state index in [1.807, 2.05) is 0 Å². The van der Waals surface area contributed by atoms with Crippen LogP contribution in [0.15, 0.2) is 0 Å². The molecule has 2 heterocycles. The summed E-state index contributed by atoms with van der Waals surface area (Å²) in [6.45, 7) is 4.75. The summed E-state index contributed by atoms with van der Waals surface area (Å²) < 4.78 is 5.22. The summed E-state index contributed by atoms with van der Waals surface area (Å²) in [5, 5.41) is 0. The zero-order chi connectivity index (χ0) is 13.7. The summed E-state index contributed by atoms with van der Waals surface area (Å²) in [6, 6.07) is 0.404. The molecule has 2 atom stereocenters. The third kappa shape index (κ3) is 5.91. The molecule has 2 unspecified atom stereocenters. The molecule has 7 heteroatoms. The minimum Gasteiger partial charge on any atom is -0.380 e. The molecular weight excluding hydrogens is 313 g/mol. The van der Waals surface area contributed by atoms with Gasteiger partial charge in [-0.05, 0) is 38.8 Å². The molecule has 2 saturated heterocycles. The molecule has 0 aliphatic carbocycles. The molecule has 2 aliphatic heterocycles. The molecule has 126 valence electrons. The van der Waals surface area contributed by atoms with Gasteiger partial charge in [0.1, 0.15) is 0 Å². The van der Waals surface area contributed by atoms with Crippen molar-refractivity contribution < 1.29 is 9.53 Å². The van der Waals surface area contributed by atoms with E-state index in [9.17, 15) is 4.79 Å². The van der Waals surface area contributed by atoms with E-state index in [1.165, 1.54) is 25.9 Å². The number of amides is 1. The van der Waals surface area contributed by atoms with Crippen molar-refractivity contribution in [1.29, 1.82) is 0 Å². The zero-order valence-electron chi connectivity index (χ0n) is 12.8. The first kappa shape index (κ1) is 20.9. The maximum absolute atomic E-state index is 12.3. The van der Waals surface area contributed by atoms with Crippen molar-refractivity contribution in [3.8, 4) is 0 Å². The van der Waals surface area contributed by atoms with Crippen molar-refractivity contribution >= 4 is 30.7 Å². The summed E-state index contributed by atoms with van der Waals surface area (Å²) in [6.07, 6.45) is 5.16. The second-order valence-corrected chi connectivity index (χ2v) is 5.69. The number of nitrogens with two attached hydrogens (primary N) is 1. The third-order valence-corrected chi connectivity index (χ3v) is 4.36. The molecule has 2 N–H and O–H groups in total. The van der Waals surface area contributed by atoms with Gasteiger partial charge in [0.2, 0.25) is 5.91 Å². The number of halogens is 2. The quantitative estimate of drug-likeness (QED) is 0.790. The van der Waals surface area contributed by atoms with Crippen molar-refractivity contribution in [3.63, 3.8) is 0 Å². The van der Waals surface area contributed by atoms with Crippen LogP contribution in [0.4, 0.5) is 0 Å². The Hall–Kier alpha value is -0.0700. The lowest BCUT2D eigenvalue weighted by atomic mass is 10.2. The number of carbonyl (C=O) groups excluding carboxylic acids is 1. The van der Waals surface area contributed by atoms with E-state index in [0.717, 1.165) is 25.9 Å². The highest BCUT2D eigenvalue weighted by molar-refractivity contribution is 5.85. The fourth-order valence-electron chi connectivity index (χ4n) is 3.19. The number of carbonyl (C=O) groups is 1. The van der Waals surface area contributed by atoms with Crippen molar-refractivity contribution in [2.24, 2.45) is 5.73 Å². The summed E-state index contributed by atoms with van der Waals surface area (Å²) in [5.74, 6) is 0.207. The lowest BCUT2D eigenvalue weighted by Crippen LogP contribution is -2.44. The van der Waals surface area contributed by atoms with Crippen LogP contribution in [0.5, 0.6) is 0 Å². The molecule has 0 aromatic heterocycles. The molecule has 0 spiro atoms. The molecule has 0 saturated carbocycles.